The van der Waals surface area contributed by atoms with Crippen LogP contribution in [0.25, 0.3) is 94.9 Å². The Morgan fingerprint density at radius 2 is 0.857 bits per heavy atom. The first-order valence-electron chi connectivity index (χ1n) is 16.5. The van der Waals surface area contributed by atoms with Gasteiger partial charge < -0.3 is 4.57 Å². The lowest BCUT2D eigenvalue weighted by molar-refractivity contribution is 1.07. The average Bonchev–Trinajstić information content (AvgIpc) is 3.50. The van der Waals surface area contributed by atoms with Gasteiger partial charge in [-0.25, -0.2) is 15.0 Å². The molecule has 0 unspecified atom stereocenters. The molecule has 9 aromatic rings. The van der Waals surface area contributed by atoms with Crippen LogP contribution >= 0.6 is 0 Å². The van der Waals surface area contributed by atoms with Crippen LogP contribution in [0.2, 0.25) is 0 Å². The summed E-state index contributed by atoms with van der Waals surface area (Å²) >= 11 is 0. The van der Waals surface area contributed by atoms with Gasteiger partial charge in [-0.2, -0.15) is 0 Å². The average molecular weight is 625 g/mol. The van der Waals surface area contributed by atoms with Crippen molar-refractivity contribution in [2.75, 3.05) is 0 Å². The molecule has 2 aromatic heterocycles. The van der Waals surface area contributed by atoms with Crippen molar-refractivity contribution in [1.29, 1.82) is 0 Å². The lowest BCUT2D eigenvalue weighted by Crippen LogP contribution is -2.00. The molecule has 1 aliphatic carbocycles. The molecular weight excluding hydrogens is 597 g/mol. The molecule has 49 heavy (non-hydrogen) atoms. The molecule has 0 amide bonds. The molecule has 0 N–H and O–H groups in total. The molecule has 0 bridgehead atoms. The summed E-state index contributed by atoms with van der Waals surface area (Å²) in [5.74, 6) is 1.95. The SMILES string of the molecule is c1ccc(-c2nc(-c3ccccc3)nc(-c3ccc(-n4cc5c6c(c7ccccc7cc64)-c4ccccc4-c4ccccc4-5)cc3)n2)cc1. The maximum atomic E-state index is 4.95. The smallest absolute Gasteiger partial charge is 0.164 e. The van der Waals surface area contributed by atoms with Gasteiger partial charge >= 0.3 is 0 Å². The predicted octanol–water partition coefficient (Wildman–Crippen LogP) is 11.3. The molecule has 0 atom stereocenters. The Labute approximate surface area is 283 Å². The summed E-state index contributed by atoms with van der Waals surface area (Å²) in [6, 6.07) is 57.5. The standard InChI is InChI=1S/C45H28N4/c1-3-13-29(14-4-1)43-46-44(30-15-5-2-6-16-30)48-45(47-43)31-23-25-33(26-24-31)49-28-39-37-21-10-9-19-35(37)36-20-11-12-22-38(36)41-34-18-8-7-17-32(34)27-40(49)42(39)41/h1-28H. The molecule has 4 nitrogen and oxygen atoms in total. The van der Waals surface area contributed by atoms with Crippen molar-refractivity contribution in [2.24, 2.45) is 0 Å². The molecule has 7 aromatic carbocycles. The van der Waals surface area contributed by atoms with E-state index in [1.54, 1.807) is 0 Å². The minimum Gasteiger partial charge on any atom is -0.316 e. The molecule has 0 saturated heterocycles. The second-order valence-electron chi connectivity index (χ2n) is 12.5. The predicted molar refractivity (Wildman–Crippen MR) is 200 cm³/mol. The van der Waals surface area contributed by atoms with Gasteiger partial charge in [0.15, 0.2) is 17.5 Å². The highest BCUT2D eigenvalue weighted by atomic mass is 15.0. The number of nitrogens with zero attached hydrogens (tertiary/aromatic N) is 4. The third-order valence-corrected chi connectivity index (χ3v) is 9.62. The Morgan fingerprint density at radius 3 is 1.47 bits per heavy atom. The molecule has 0 spiro atoms. The summed E-state index contributed by atoms with van der Waals surface area (Å²) in [4.78, 5) is 14.8. The van der Waals surface area contributed by atoms with Crippen molar-refractivity contribution >= 4 is 21.7 Å². The van der Waals surface area contributed by atoms with Gasteiger partial charge in [0, 0.05) is 45.1 Å². The van der Waals surface area contributed by atoms with Crippen LogP contribution in [0.15, 0.2) is 170 Å². The Kier molecular flexibility index (Phi) is 6.15. The molecule has 2 heterocycles. The fourth-order valence-corrected chi connectivity index (χ4v) is 7.35. The highest BCUT2D eigenvalue weighted by Gasteiger charge is 2.26. The Bertz CT molecular complexity index is 2630. The third kappa shape index (κ3) is 4.42. The number of hydrogen-bond donors (Lipinski definition) is 0. The molecular formula is C45H28N4. The zero-order valence-corrected chi connectivity index (χ0v) is 26.5. The second-order valence-corrected chi connectivity index (χ2v) is 12.5. The molecule has 0 aliphatic heterocycles. The van der Waals surface area contributed by atoms with Crippen molar-refractivity contribution < 1.29 is 0 Å². The second kappa shape index (κ2) is 11.0. The number of rotatable bonds is 4. The van der Waals surface area contributed by atoms with Crippen LogP contribution in [0.4, 0.5) is 0 Å². The topological polar surface area (TPSA) is 43.6 Å². The van der Waals surface area contributed by atoms with Crippen molar-refractivity contribution in [3.05, 3.63) is 170 Å². The minimum atomic E-state index is 0.644. The first-order valence-corrected chi connectivity index (χ1v) is 16.5. The fraction of sp³-hybridized carbons (Fsp3) is 0. The highest BCUT2D eigenvalue weighted by molar-refractivity contribution is 6.21. The monoisotopic (exact) mass is 624 g/mol. The number of benzene rings is 7. The minimum absolute atomic E-state index is 0.644. The van der Waals surface area contributed by atoms with Gasteiger partial charge in [-0.05, 0) is 63.4 Å². The van der Waals surface area contributed by atoms with Crippen molar-refractivity contribution in [3.8, 4) is 73.2 Å². The number of aromatic nitrogens is 4. The van der Waals surface area contributed by atoms with Gasteiger partial charge in [-0.15, -0.1) is 0 Å². The lowest BCUT2D eigenvalue weighted by Gasteiger charge is -2.14. The summed E-state index contributed by atoms with van der Waals surface area (Å²) in [5, 5.41) is 3.76. The van der Waals surface area contributed by atoms with E-state index in [4.69, 9.17) is 15.0 Å². The Morgan fingerprint density at radius 1 is 0.388 bits per heavy atom. The largest absolute Gasteiger partial charge is 0.316 e. The van der Waals surface area contributed by atoms with E-state index in [2.05, 4.69) is 114 Å². The molecule has 4 heteroatoms. The molecule has 10 rings (SSSR count). The summed E-state index contributed by atoms with van der Waals surface area (Å²) in [6.07, 6.45) is 2.32. The van der Waals surface area contributed by atoms with Crippen LogP contribution in [0, 0.1) is 0 Å². The van der Waals surface area contributed by atoms with Gasteiger partial charge in [-0.3, -0.25) is 0 Å². The van der Waals surface area contributed by atoms with Crippen LogP contribution in [0.5, 0.6) is 0 Å². The van der Waals surface area contributed by atoms with Crippen LogP contribution in [0.3, 0.4) is 0 Å². The summed E-state index contributed by atoms with van der Waals surface area (Å²) in [5.41, 5.74) is 12.7. The summed E-state index contributed by atoms with van der Waals surface area (Å²) in [6.45, 7) is 0. The van der Waals surface area contributed by atoms with Gasteiger partial charge in [0.05, 0.1) is 5.52 Å². The van der Waals surface area contributed by atoms with E-state index in [1.165, 1.54) is 55.1 Å². The van der Waals surface area contributed by atoms with Crippen LogP contribution in [0.1, 0.15) is 0 Å². The summed E-state index contributed by atoms with van der Waals surface area (Å²) in [7, 11) is 0. The zero-order chi connectivity index (χ0) is 32.3. The van der Waals surface area contributed by atoms with Crippen LogP contribution < -0.4 is 0 Å². The van der Waals surface area contributed by atoms with Gasteiger partial charge in [0.25, 0.3) is 0 Å². The van der Waals surface area contributed by atoms with Crippen LogP contribution in [-0.4, -0.2) is 19.5 Å². The van der Waals surface area contributed by atoms with E-state index in [9.17, 15) is 0 Å². The Hall–Kier alpha value is -6.65. The molecule has 228 valence electrons. The maximum Gasteiger partial charge on any atom is 0.164 e. The van der Waals surface area contributed by atoms with E-state index in [-0.39, 0.29) is 0 Å². The van der Waals surface area contributed by atoms with E-state index in [1.807, 2.05) is 60.7 Å². The first kappa shape index (κ1) is 27.5. The molecule has 0 saturated carbocycles. The number of hydrogen-bond acceptors (Lipinski definition) is 3. The maximum absolute atomic E-state index is 4.95. The molecule has 0 fully saturated rings. The van der Waals surface area contributed by atoms with E-state index < -0.39 is 0 Å². The van der Waals surface area contributed by atoms with Gasteiger partial charge in [0.1, 0.15) is 0 Å². The van der Waals surface area contributed by atoms with E-state index in [0.29, 0.717) is 17.5 Å². The first-order chi connectivity index (χ1) is 24.3. The fourth-order valence-electron chi connectivity index (χ4n) is 7.35. The molecule has 0 radical (unpaired) electrons. The number of fused-ring (bicyclic) bond motifs is 7. The van der Waals surface area contributed by atoms with Crippen molar-refractivity contribution in [3.63, 3.8) is 0 Å². The zero-order valence-electron chi connectivity index (χ0n) is 26.5. The Balaban J connectivity index is 1.17. The molecule has 1 aliphatic rings. The summed E-state index contributed by atoms with van der Waals surface area (Å²) < 4.78 is 2.34. The van der Waals surface area contributed by atoms with E-state index >= 15 is 0 Å². The van der Waals surface area contributed by atoms with Gasteiger partial charge in [0.2, 0.25) is 0 Å². The quantitative estimate of drug-likeness (QED) is 0.196. The normalized spacial score (nSPS) is 11.7. The highest BCUT2D eigenvalue weighted by Crippen LogP contribution is 2.51. The third-order valence-electron chi connectivity index (χ3n) is 9.62. The lowest BCUT2D eigenvalue weighted by atomic mass is 9.91. The van der Waals surface area contributed by atoms with Crippen LogP contribution in [-0.2, 0) is 0 Å². The van der Waals surface area contributed by atoms with Gasteiger partial charge in [-0.1, -0.05) is 133 Å². The van der Waals surface area contributed by atoms with E-state index in [0.717, 1.165) is 22.4 Å². The van der Waals surface area contributed by atoms with Crippen molar-refractivity contribution in [2.45, 2.75) is 0 Å². The van der Waals surface area contributed by atoms with Crippen molar-refractivity contribution in [1.82, 2.24) is 19.5 Å².